The van der Waals surface area contributed by atoms with Crippen LogP contribution < -0.4 is 4.74 Å². The van der Waals surface area contributed by atoms with Crippen LogP contribution in [0.2, 0.25) is 0 Å². The van der Waals surface area contributed by atoms with Crippen molar-refractivity contribution in [3.05, 3.63) is 72.3 Å². The maximum absolute atomic E-state index is 13.2. The van der Waals surface area contributed by atoms with Crippen LogP contribution >= 0.6 is 0 Å². The SMILES string of the molecule is Cc1ccc(Oc2cnn(-c3cccc(F)c3)c2)cc1. The quantitative estimate of drug-likeness (QED) is 0.714. The lowest BCUT2D eigenvalue weighted by atomic mass is 10.2. The molecule has 0 aliphatic carbocycles. The minimum Gasteiger partial charge on any atom is -0.454 e. The first-order chi connectivity index (χ1) is 9.70. The van der Waals surface area contributed by atoms with Gasteiger partial charge in [0.2, 0.25) is 0 Å². The summed E-state index contributed by atoms with van der Waals surface area (Å²) in [7, 11) is 0. The zero-order valence-electron chi connectivity index (χ0n) is 11.0. The molecule has 3 nitrogen and oxygen atoms in total. The number of hydrogen-bond acceptors (Lipinski definition) is 2. The van der Waals surface area contributed by atoms with Crippen molar-refractivity contribution in [3.8, 4) is 17.2 Å². The number of benzene rings is 2. The summed E-state index contributed by atoms with van der Waals surface area (Å²) in [6.07, 6.45) is 3.32. The molecule has 1 heterocycles. The van der Waals surface area contributed by atoms with E-state index in [2.05, 4.69) is 5.10 Å². The number of rotatable bonds is 3. The van der Waals surface area contributed by atoms with E-state index in [4.69, 9.17) is 4.74 Å². The smallest absolute Gasteiger partial charge is 0.165 e. The number of halogens is 1. The summed E-state index contributed by atoms with van der Waals surface area (Å²) in [4.78, 5) is 0. The molecular formula is C16H13FN2O. The molecule has 0 fully saturated rings. The first kappa shape index (κ1) is 12.4. The Kier molecular flexibility index (Phi) is 3.21. The van der Waals surface area contributed by atoms with Crippen molar-refractivity contribution in [1.82, 2.24) is 9.78 Å². The fourth-order valence-electron chi connectivity index (χ4n) is 1.86. The lowest BCUT2D eigenvalue weighted by Crippen LogP contribution is -1.94. The average Bonchev–Trinajstić information content (AvgIpc) is 2.90. The van der Waals surface area contributed by atoms with Gasteiger partial charge in [0.1, 0.15) is 11.6 Å². The third-order valence-electron chi connectivity index (χ3n) is 2.89. The number of hydrogen-bond donors (Lipinski definition) is 0. The van der Waals surface area contributed by atoms with Gasteiger partial charge >= 0.3 is 0 Å². The lowest BCUT2D eigenvalue weighted by Gasteiger charge is -2.03. The van der Waals surface area contributed by atoms with Gasteiger partial charge in [0.15, 0.2) is 5.75 Å². The standard InChI is InChI=1S/C16H13FN2O/c1-12-5-7-15(8-6-12)20-16-10-18-19(11-16)14-4-2-3-13(17)9-14/h2-11H,1H3. The molecule has 100 valence electrons. The Labute approximate surface area is 116 Å². The Morgan fingerprint density at radius 3 is 2.60 bits per heavy atom. The van der Waals surface area contributed by atoms with E-state index in [1.54, 1.807) is 29.2 Å². The molecule has 0 bridgehead atoms. The second kappa shape index (κ2) is 5.17. The van der Waals surface area contributed by atoms with Gasteiger partial charge in [0, 0.05) is 0 Å². The van der Waals surface area contributed by atoms with E-state index < -0.39 is 0 Å². The van der Waals surface area contributed by atoms with E-state index in [0.717, 1.165) is 5.75 Å². The molecule has 0 N–H and O–H groups in total. The first-order valence-electron chi connectivity index (χ1n) is 6.26. The molecule has 1 aromatic heterocycles. The molecular weight excluding hydrogens is 255 g/mol. The van der Waals surface area contributed by atoms with Gasteiger partial charge < -0.3 is 4.74 Å². The molecule has 2 aromatic carbocycles. The predicted molar refractivity (Wildman–Crippen MR) is 74.8 cm³/mol. The second-order valence-electron chi connectivity index (χ2n) is 4.52. The fraction of sp³-hybridized carbons (Fsp3) is 0.0625. The number of nitrogens with zero attached hydrogens (tertiary/aromatic N) is 2. The maximum Gasteiger partial charge on any atom is 0.165 e. The van der Waals surface area contributed by atoms with Gasteiger partial charge in [0.05, 0.1) is 18.1 Å². The third-order valence-corrected chi connectivity index (χ3v) is 2.89. The van der Waals surface area contributed by atoms with Crippen LogP contribution in [0.4, 0.5) is 4.39 Å². The highest BCUT2D eigenvalue weighted by Crippen LogP contribution is 2.22. The van der Waals surface area contributed by atoms with E-state index in [1.807, 2.05) is 31.2 Å². The molecule has 0 amide bonds. The number of aryl methyl sites for hydroxylation is 1. The van der Waals surface area contributed by atoms with E-state index in [-0.39, 0.29) is 5.82 Å². The Bertz CT molecular complexity index is 719. The normalized spacial score (nSPS) is 10.5. The summed E-state index contributed by atoms with van der Waals surface area (Å²) < 4.78 is 20.4. The molecule has 20 heavy (non-hydrogen) atoms. The van der Waals surface area contributed by atoms with Gasteiger partial charge in [-0.1, -0.05) is 23.8 Å². The summed E-state index contributed by atoms with van der Waals surface area (Å²) in [5.41, 5.74) is 1.83. The minimum atomic E-state index is -0.293. The van der Waals surface area contributed by atoms with E-state index in [9.17, 15) is 4.39 Å². The molecule has 0 spiro atoms. The third kappa shape index (κ3) is 2.69. The van der Waals surface area contributed by atoms with Crippen LogP contribution in [0.25, 0.3) is 5.69 Å². The zero-order valence-corrected chi connectivity index (χ0v) is 11.0. The highest BCUT2D eigenvalue weighted by molar-refractivity contribution is 5.35. The molecule has 0 aliphatic heterocycles. The van der Waals surface area contributed by atoms with Gasteiger partial charge in [-0.05, 0) is 37.3 Å². The minimum absolute atomic E-state index is 0.293. The van der Waals surface area contributed by atoms with Crippen LogP contribution in [0.5, 0.6) is 11.5 Å². The summed E-state index contributed by atoms with van der Waals surface area (Å²) in [5, 5.41) is 4.17. The van der Waals surface area contributed by atoms with Gasteiger partial charge in [-0.3, -0.25) is 0 Å². The second-order valence-corrected chi connectivity index (χ2v) is 4.52. The molecule has 0 unspecified atom stereocenters. The lowest BCUT2D eigenvalue weighted by molar-refractivity contribution is 0.482. The fourth-order valence-corrected chi connectivity index (χ4v) is 1.86. The van der Waals surface area contributed by atoms with Crippen molar-refractivity contribution >= 4 is 0 Å². The topological polar surface area (TPSA) is 27.1 Å². The van der Waals surface area contributed by atoms with E-state index in [1.165, 1.54) is 17.7 Å². The van der Waals surface area contributed by atoms with Crippen molar-refractivity contribution in [1.29, 1.82) is 0 Å². The molecule has 0 aliphatic rings. The molecule has 3 rings (SSSR count). The van der Waals surface area contributed by atoms with Gasteiger partial charge in [0.25, 0.3) is 0 Å². The van der Waals surface area contributed by atoms with Gasteiger partial charge in [-0.15, -0.1) is 0 Å². The summed E-state index contributed by atoms with van der Waals surface area (Å²) in [5.74, 6) is 1.06. The van der Waals surface area contributed by atoms with Crippen LogP contribution in [0.15, 0.2) is 60.9 Å². The molecule has 3 aromatic rings. The van der Waals surface area contributed by atoms with Crippen molar-refractivity contribution in [2.24, 2.45) is 0 Å². The summed E-state index contributed by atoms with van der Waals surface area (Å²) in [6.45, 7) is 2.02. The van der Waals surface area contributed by atoms with Crippen LogP contribution in [0.3, 0.4) is 0 Å². The monoisotopic (exact) mass is 268 g/mol. The van der Waals surface area contributed by atoms with Crippen LogP contribution in [0.1, 0.15) is 5.56 Å². The van der Waals surface area contributed by atoms with Crippen LogP contribution in [-0.2, 0) is 0 Å². The van der Waals surface area contributed by atoms with Gasteiger partial charge in [-0.25, -0.2) is 9.07 Å². The van der Waals surface area contributed by atoms with E-state index >= 15 is 0 Å². The summed E-state index contributed by atoms with van der Waals surface area (Å²) >= 11 is 0. The van der Waals surface area contributed by atoms with Crippen molar-refractivity contribution in [3.63, 3.8) is 0 Å². The van der Waals surface area contributed by atoms with Crippen LogP contribution in [0, 0.1) is 12.7 Å². The Hall–Kier alpha value is -2.62. The number of ether oxygens (including phenoxy) is 1. The maximum atomic E-state index is 13.2. The molecule has 4 heteroatoms. The molecule has 0 atom stereocenters. The predicted octanol–water partition coefficient (Wildman–Crippen LogP) is 4.11. The summed E-state index contributed by atoms with van der Waals surface area (Å²) in [6, 6.07) is 14.0. The van der Waals surface area contributed by atoms with Gasteiger partial charge in [-0.2, -0.15) is 5.10 Å². The Morgan fingerprint density at radius 2 is 1.85 bits per heavy atom. The number of aromatic nitrogens is 2. The molecule has 0 saturated carbocycles. The highest BCUT2D eigenvalue weighted by atomic mass is 19.1. The first-order valence-corrected chi connectivity index (χ1v) is 6.26. The Balaban J connectivity index is 1.82. The van der Waals surface area contributed by atoms with E-state index in [0.29, 0.717) is 11.4 Å². The largest absolute Gasteiger partial charge is 0.454 e. The van der Waals surface area contributed by atoms with Crippen molar-refractivity contribution in [2.75, 3.05) is 0 Å². The van der Waals surface area contributed by atoms with Crippen LogP contribution in [-0.4, -0.2) is 9.78 Å². The highest BCUT2D eigenvalue weighted by Gasteiger charge is 2.04. The zero-order chi connectivity index (χ0) is 13.9. The van der Waals surface area contributed by atoms with Crippen molar-refractivity contribution < 1.29 is 9.13 Å². The van der Waals surface area contributed by atoms with Crippen molar-refractivity contribution in [2.45, 2.75) is 6.92 Å². The molecule has 0 saturated heterocycles. The Morgan fingerprint density at radius 1 is 1.05 bits per heavy atom. The molecule has 0 radical (unpaired) electrons. The average molecular weight is 268 g/mol.